The Bertz CT molecular complexity index is 2050. The first kappa shape index (κ1) is 41.4. The van der Waals surface area contributed by atoms with Gasteiger partial charge >= 0.3 is 6.09 Å². The lowest BCUT2D eigenvalue weighted by Crippen LogP contribution is -2.60. The molecule has 1 heterocycles. The van der Waals surface area contributed by atoms with E-state index in [0.29, 0.717) is 36.8 Å². The van der Waals surface area contributed by atoms with Crippen molar-refractivity contribution in [1.82, 2.24) is 24.6 Å². The summed E-state index contributed by atoms with van der Waals surface area (Å²) in [6.45, 7) is 3.62. The summed E-state index contributed by atoms with van der Waals surface area (Å²) >= 11 is 0. The van der Waals surface area contributed by atoms with E-state index in [2.05, 4.69) is 10.6 Å². The van der Waals surface area contributed by atoms with Crippen LogP contribution >= 0.6 is 0 Å². The summed E-state index contributed by atoms with van der Waals surface area (Å²) < 4.78 is 103. The van der Waals surface area contributed by atoms with Gasteiger partial charge in [0.2, 0.25) is 38.3 Å². The average Bonchev–Trinajstić information content (AvgIpc) is 3.98. The molecule has 0 radical (unpaired) electrons. The van der Waals surface area contributed by atoms with Gasteiger partial charge in [0.15, 0.2) is 0 Å². The Hall–Kier alpha value is -4.23. The van der Waals surface area contributed by atoms with Crippen LogP contribution in [0.3, 0.4) is 0 Å². The number of carbonyl (C=O) groups is 4. The maximum absolute atomic E-state index is 14.5. The lowest BCUT2D eigenvalue weighted by Gasteiger charge is -2.35. The summed E-state index contributed by atoms with van der Waals surface area (Å²) in [7, 11) is -8.59. The minimum absolute atomic E-state index is 0.206. The van der Waals surface area contributed by atoms with Gasteiger partial charge in [0, 0.05) is 13.0 Å². The number of carbonyl (C=O) groups excluding carboxylic acids is 4. The summed E-state index contributed by atoms with van der Waals surface area (Å²) in [5, 5.41) is 4.19. The molecule has 4 aliphatic rings. The molecule has 0 aromatic heterocycles. The number of sulfonamides is 2. The van der Waals surface area contributed by atoms with Gasteiger partial charge in [-0.3, -0.25) is 19.1 Å². The van der Waals surface area contributed by atoms with Crippen molar-refractivity contribution in [3.8, 4) is 11.1 Å². The van der Waals surface area contributed by atoms with Crippen LogP contribution in [-0.2, 0) is 39.2 Å². The molecule has 306 valence electrons. The van der Waals surface area contributed by atoms with Gasteiger partial charge < -0.3 is 20.3 Å². The largest absolute Gasteiger partial charge is 0.446 e. The van der Waals surface area contributed by atoms with Crippen molar-refractivity contribution in [2.45, 2.75) is 112 Å². The summed E-state index contributed by atoms with van der Waals surface area (Å²) in [5.74, 6) is -4.75. The first-order valence-electron chi connectivity index (χ1n) is 18.5. The Kier molecular flexibility index (Phi) is 11.5. The number of rotatable bonds is 13. The summed E-state index contributed by atoms with van der Waals surface area (Å²) in [6.07, 6.45) is -1.64. The SMILES string of the molecule is CC(C)(C)[C@H](NC(=O)OC1CCCC1)C(=O)N1CN(S(=O)(=O)c2ccc(-c3ccc(F)cc3)cc2)C[C@H]1C(=O)N[C@]1(C(=O)NS(=O)(=O)C2CC2)C[C@H]1CC(F)F. The molecule has 14 nitrogen and oxygen atoms in total. The lowest BCUT2D eigenvalue weighted by atomic mass is 9.85. The van der Waals surface area contributed by atoms with Crippen molar-refractivity contribution in [1.29, 1.82) is 0 Å². The number of hydrogen-bond donors (Lipinski definition) is 3. The third-order valence-corrected chi connectivity index (χ3v) is 14.4. The second-order valence-electron chi connectivity index (χ2n) is 16.1. The van der Waals surface area contributed by atoms with E-state index in [1.54, 1.807) is 20.8 Å². The van der Waals surface area contributed by atoms with Crippen LogP contribution < -0.4 is 15.4 Å². The van der Waals surface area contributed by atoms with E-state index in [0.717, 1.165) is 22.0 Å². The van der Waals surface area contributed by atoms with Crippen LogP contribution in [0.5, 0.6) is 0 Å². The quantitative estimate of drug-likeness (QED) is 0.270. The van der Waals surface area contributed by atoms with Crippen molar-refractivity contribution < 1.29 is 53.9 Å². The van der Waals surface area contributed by atoms with Gasteiger partial charge in [-0.1, -0.05) is 45.0 Å². The molecule has 4 atom stereocenters. The molecule has 1 saturated heterocycles. The number of hydrogen-bond acceptors (Lipinski definition) is 9. The fourth-order valence-electron chi connectivity index (χ4n) is 7.28. The second kappa shape index (κ2) is 15.6. The Morgan fingerprint density at radius 2 is 1.50 bits per heavy atom. The Labute approximate surface area is 324 Å². The molecule has 2 aromatic carbocycles. The minimum Gasteiger partial charge on any atom is -0.446 e. The first-order chi connectivity index (χ1) is 26.2. The van der Waals surface area contributed by atoms with Crippen LogP contribution in [0.2, 0.25) is 0 Å². The predicted molar refractivity (Wildman–Crippen MR) is 196 cm³/mol. The van der Waals surface area contributed by atoms with E-state index in [1.807, 2.05) is 4.72 Å². The van der Waals surface area contributed by atoms with Crippen molar-refractivity contribution in [3.63, 3.8) is 0 Å². The highest BCUT2D eigenvalue weighted by Gasteiger charge is 2.63. The van der Waals surface area contributed by atoms with E-state index in [9.17, 15) is 49.2 Å². The highest BCUT2D eigenvalue weighted by atomic mass is 32.2. The molecular weight excluding hydrogens is 780 g/mol. The van der Waals surface area contributed by atoms with Gasteiger partial charge in [0.05, 0.1) is 16.8 Å². The molecule has 2 aromatic rings. The van der Waals surface area contributed by atoms with Gasteiger partial charge in [-0.2, -0.15) is 4.31 Å². The molecule has 4 amide bonds. The van der Waals surface area contributed by atoms with Crippen molar-refractivity contribution in [2.75, 3.05) is 13.2 Å². The summed E-state index contributed by atoms with van der Waals surface area (Å²) in [6, 6.07) is 8.20. The third kappa shape index (κ3) is 8.99. The summed E-state index contributed by atoms with van der Waals surface area (Å²) in [4.78, 5) is 56.0. The van der Waals surface area contributed by atoms with E-state index in [1.165, 1.54) is 48.5 Å². The van der Waals surface area contributed by atoms with Gasteiger partial charge in [-0.05, 0) is 91.7 Å². The highest BCUT2D eigenvalue weighted by molar-refractivity contribution is 7.91. The zero-order valence-corrected chi connectivity index (χ0v) is 32.8. The van der Waals surface area contributed by atoms with Crippen LogP contribution in [0, 0.1) is 17.2 Å². The predicted octanol–water partition coefficient (Wildman–Crippen LogP) is 3.87. The normalized spacial score (nSPS) is 23.8. The number of halogens is 3. The number of nitrogens with one attached hydrogen (secondary N) is 3. The zero-order chi connectivity index (χ0) is 40.8. The minimum atomic E-state index is -4.45. The van der Waals surface area contributed by atoms with Crippen molar-refractivity contribution in [2.24, 2.45) is 11.3 Å². The topological polar surface area (TPSA) is 188 Å². The Balaban J connectivity index is 1.30. The highest BCUT2D eigenvalue weighted by Crippen LogP contribution is 2.48. The van der Waals surface area contributed by atoms with Crippen LogP contribution in [-0.4, -0.2) is 98.5 Å². The van der Waals surface area contributed by atoms with Crippen LogP contribution in [0.1, 0.15) is 72.1 Å². The molecule has 1 aliphatic heterocycles. The number of nitrogens with zero attached hydrogens (tertiary/aromatic N) is 2. The number of benzene rings is 2. The van der Waals surface area contributed by atoms with E-state index in [-0.39, 0.29) is 17.4 Å². The second-order valence-corrected chi connectivity index (χ2v) is 20.0. The van der Waals surface area contributed by atoms with E-state index < -0.39 is 110 Å². The molecule has 3 saturated carbocycles. The monoisotopic (exact) mass is 825 g/mol. The molecule has 0 bridgehead atoms. The van der Waals surface area contributed by atoms with Crippen molar-refractivity contribution in [3.05, 3.63) is 54.3 Å². The molecule has 3 N–H and O–H groups in total. The molecule has 6 rings (SSSR count). The van der Waals surface area contributed by atoms with Crippen molar-refractivity contribution >= 4 is 43.9 Å². The smallest absolute Gasteiger partial charge is 0.408 e. The number of amides is 4. The van der Waals surface area contributed by atoms with E-state index in [4.69, 9.17) is 4.74 Å². The fraction of sp³-hybridized carbons (Fsp3) is 0.568. The Morgan fingerprint density at radius 3 is 2.05 bits per heavy atom. The standard InChI is InChI=1S/C37H46F3N5O9S2/c1-36(2,3)31(41-35(49)54-26-6-4-5-7-26)33(47)45-21-44(56(52,53)28-14-10-23(11-15-28)22-8-12-25(38)13-9-22)20-29(45)32(46)42-37(19-24(37)18-30(39)40)34(48)43-55(50,51)27-16-17-27/h8-15,24,26-27,29-31H,4-7,16-21H2,1-3H3,(H,41,49)(H,42,46)(H,43,48)/t24-,29+,31-,37-/m1/s1. The van der Waals surface area contributed by atoms with Crippen LogP contribution in [0.25, 0.3) is 11.1 Å². The maximum Gasteiger partial charge on any atom is 0.408 e. The Morgan fingerprint density at radius 1 is 0.911 bits per heavy atom. The number of alkyl carbamates (subject to hydrolysis) is 1. The van der Waals surface area contributed by atoms with Gasteiger partial charge in [0.1, 0.15) is 29.5 Å². The molecule has 4 fully saturated rings. The molecule has 3 aliphatic carbocycles. The number of alkyl halides is 2. The third-order valence-electron chi connectivity index (χ3n) is 10.8. The van der Waals surface area contributed by atoms with Gasteiger partial charge in [-0.25, -0.2) is 34.8 Å². The van der Waals surface area contributed by atoms with Crippen LogP contribution in [0.4, 0.5) is 18.0 Å². The molecule has 19 heteroatoms. The first-order valence-corrected chi connectivity index (χ1v) is 21.5. The fourth-order valence-corrected chi connectivity index (χ4v) is 10.0. The van der Waals surface area contributed by atoms with Gasteiger partial charge in [-0.15, -0.1) is 0 Å². The number of ether oxygens (including phenoxy) is 1. The molecule has 0 unspecified atom stereocenters. The molecular formula is C37H46F3N5O9S2. The average molecular weight is 826 g/mol. The lowest BCUT2D eigenvalue weighted by molar-refractivity contribution is -0.142. The van der Waals surface area contributed by atoms with E-state index >= 15 is 0 Å². The molecule has 56 heavy (non-hydrogen) atoms. The zero-order valence-electron chi connectivity index (χ0n) is 31.2. The molecule has 0 spiro atoms. The maximum atomic E-state index is 14.5. The van der Waals surface area contributed by atoms with Crippen LogP contribution in [0.15, 0.2) is 53.4 Å². The summed E-state index contributed by atoms with van der Waals surface area (Å²) in [5.41, 5.74) is -1.88. The van der Waals surface area contributed by atoms with Gasteiger partial charge in [0.25, 0.3) is 5.91 Å².